The van der Waals surface area contributed by atoms with Crippen LogP contribution in [-0.2, 0) is 6.42 Å². The van der Waals surface area contributed by atoms with Gasteiger partial charge in [0.25, 0.3) is 5.91 Å². The number of carbonyl (C=O) groups excluding carboxylic acids is 1. The summed E-state index contributed by atoms with van der Waals surface area (Å²) >= 11 is 1.40. The summed E-state index contributed by atoms with van der Waals surface area (Å²) in [6, 6.07) is 17.7. The molecule has 0 aliphatic carbocycles. The van der Waals surface area contributed by atoms with Crippen molar-refractivity contribution < 1.29 is 13.6 Å². The van der Waals surface area contributed by atoms with Crippen LogP contribution < -0.4 is 5.32 Å². The molecule has 0 saturated carbocycles. The maximum atomic E-state index is 13.0. The molecule has 4 aromatic rings. The third-order valence-electron chi connectivity index (χ3n) is 4.29. The van der Waals surface area contributed by atoms with Gasteiger partial charge in [-0.25, -0.2) is 9.37 Å². The first-order valence-electron chi connectivity index (χ1n) is 8.75. The fourth-order valence-electron chi connectivity index (χ4n) is 2.87. The number of halogens is 1. The van der Waals surface area contributed by atoms with Crippen LogP contribution in [0.15, 0.2) is 71.3 Å². The van der Waals surface area contributed by atoms with E-state index in [2.05, 4.69) is 10.3 Å². The van der Waals surface area contributed by atoms with Crippen LogP contribution >= 0.6 is 11.3 Å². The van der Waals surface area contributed by atoms with Crippen molar-refractivity contribution >= 4 is 22.4 Å². The lowest BCUT2D eigenvalue weighted by atomic mass is 10.1. The molecule has 2 aromatic carbocycles. The summed E-state index contributed by atoms with van der Waals surface area (Å²) in [6.07, 6.45) is 2.36. The Morgan fingerprint density at radius 2 is 1.89 bits per heavy atom. The zero-order chi connectivity index (χ0) is 19.5. The molecule has 1 amide bonds. The maximum absolute atomic E-state index is 13.0. The van der Waals surface area contributed by atoms with E-state index < -0.39 is 0 Å². The van der Waals surface area contributed by atoms with Crippen molar-refractivity contribution in [2.24, 2.45) is 0 Å². The number of carbonyl (C=O) groups is 1. The van der Waals surface area contributed by atoms with Crippen LogP contribution in [0, 0.1) is 12.7 Å². The standard InChI is InChI=1S/C22H17FN2O2S/c1-14-19(12-20(27-14)16-5-3-2-4-6-16)21(26)25-22-24-13-18(28-22)11-15-7-9-17(23)10-8-15/h2-10,12-13H,11H2,1H3,(H,24,25,26). The second-order valence-corrected chi connectivity index (χ2v) is 7.45. The molecule has 0 atom stereocenters. The number of hydrogen-bond acceptors (Lipinski definition) is 4. The fraction of sp³-hybridized carbons (Fsp3) is 0.0909. The highest BCUT2D eigenvalue weighted by molar-refractivity contribution is 7.15. The molecule has 0 unspecified atom stereocenters. The predicted molar refractivity (Wildman–Crippen MR) is 108 cm³/mol. The van der Waals surface area contributed by atoms with Crippen molar-refractivity contribution in [2.45, 2.75) is 13.3 Å². The van der Waals surface area contributed by atoms with Crippen LogP contribution in [0.25, 0.3) is 11.3 Å². The van der Waals surface area contributed by atoms with Crippen molar-refractivity contribution in [1.82, 2.24) is 4.98 Å². The van der Waals surface area contributed by atoms with Gasteiger partial charge in [-0.3, -0.25) is 10.1 Å². The Balaban J connectivity index is 1.46. The molecule has 4 rings (SSSR count). The number of amides is 1. The summed E-state index contributed by atoms with van der Waals surface area (Å²) in [5.41, 5.74) is 2.38. The van der Waals surface area contributed by atoms with E-state index >= 15 is 0 Å². The molecule has 0 aliphatic rings. The molecule has 0 saturated heterocycles. The Kier molecular flexibility index (Phi) is 5.04. The average molecular weight is 392 g/mol. The smallest absolute Gasteiger partial charge is 0.261 e. The molecule has 2 heterocycles. The summed E-state index contributed by atoms with van der Waals surface area (Å²) < 4.78 is 18.8. The summed E-state index contributed by atoms with van der Waals surface area (Å²) in [6.45, 7) is 1.77. The monoisotopic (exact) mass is 392 g/mol. The molecule has 1 N–H and O–H groups in total. The van der Waals surface area contributed by atoms with Crippen LogP contribution in [0.1, 0.15) is 26.6 Å². The second kappa shape index (κ2) is 7.78. The molecular weight excluding hydrogens is 375 g/mol. The number of nitrogens with zero attached hydrogens (tertiary/aromatic N) is 1. The molecule has 0 bridgehead atoms. The highest BCUT2D eigenvalue weighted by Gasteiger charge is 2.17. The van der Waals surface area contributed by atoms with E-state index in [-0.39, 0.29) is 11.7 Å². The number of thiazole rings is 1. The number of benzene rings is 2. The topological polar surface area (TPSA) is 55.1 Å². The first-order valence-corrected chi connectivity index (χ1v) is 9.56. The Bertz CT molecular complexity index is 1100. The normalized spacial score (nSPS) is 10.8. The molecular formula is C22H17FN2O2S. The summed E-state index contributed by atoms with van der Waals surface area (Å²) in [5.74, 6) is 0.691. The first-order chi connectivity index (χ1) is 13.6. The minimum atomic E-state index is -0.258. The van der Waals surface area contributed by atoms with Crippen LogP contribution in [0.3, 0.4) is 0 Å². The number of hydrogen-bond donors (Lipinski definition) is 1. The Labute approximate surface area is 165 Å². The van der Waals surface area contributed by atoms with E-state index in [4.69, 9.17) is 4.42 Å². The number of anilines is 1. The van der Waals surface area contributed by atoms with Gasteiger partial charge in [-0.1, -0.05) is 42.5 Å². The number of aromatic nitrogens is 1. The first kappa shape index (κ1) is 18.1. The minimum Gasteiger partial charge on any atom is -0.461 e. The molecule has 2 aromatic heterocycles. The summed E-state index contributed by atoms with van der Waals surface area (Å²) in [5, 5.41) is 3.35. The third-order valence-corrected chi connectivity index (χ3v) is 5.20. The lowest BCUT2D eigenvalue weighted by Gasteiger charge is -1.99. The van der Waals surface area contributed by atoms with E-state index in [1.807, 2.05) is 30.3 Å². The van der Waals surface area contributed by atoms with Gasteiger partial charge < -0.3 is 4.42 Å². The molecule has 28 heavy (non-hydrogen) atoms. The fourth-order valence-corrected chi connectivity index (χ4v) is 3.71. The summed E-state index contributed by atoms with van der Waals surface area (Å²) in [7, 11) is 0. The third kappa shape index (κ3) is 4.02. The van der Waals surface area contributed by atoms with Gasteiger partial charge in [0, 0.05) is 23.1 Å². The van der Waals surface area contributed by atoms with Crippen molar-refractivity contribution in [3.8, 4) is 11.3 Å². The SMILES string of the molecule is Cc1oc(-c2ccccc2)cc1C(=O)Nc1ncc(Cc2ccc(F)cc2)s1. The van der Waals surface area contributed by atoms with Crippen molar-refractivity contribution in [2.75, 3.05) is 5.32 Å². The number of rotatable bonds is 5. The van der Waals surface area contributed by atoms with E-state index in [0.717, 1.165) is 16.0 Å². The number of aryl methyl sites for hydroxylation is 1. The Morgan fingerprint density at radius 3 is 2.64 bits per heavy atom. The van der Waals surface area contributed by atoms with Crippen molar-refractivity contribution in [3.05, 3.63) is 94.4 Å². The van der Waals surface area contributed by atoms with Gasteiger partial charge in [-0.2, -0.15) is 0 Å². The van der Waals surface area contributed by atoms with Gasteiger partial charge in [0.05, 0.1) is 5.56 Å². The minimum absolute atomic E-state index is 0.258. The molecule has 140 valence electrons. The Hall–Kier alpha value is -3.25. The Morgan fingerprint density at radius 1 is 1.14 bits per heavy atom. The van der Waals surface area contributed by atoms with Crippen LogP contribution in [0.5, 0.6) is 0 Å². The lowest BCUT2D eigenvalue weighted by Crippen LogP contribution is -2.11. The van der Waals surface area contributed by atoms with Crippen LogP contribution in [-0.4, -0.2) is 10.9 Å². The summed E-state index contributed by atoms with van der Waals surface area (Å²) in [4.78, 5) is 17.9. The van der Waals surface area contributed by atoms with Gasteiger partial charge in [0.2, 0.25) is 0 Å². The zero-order valence-corrected chi connectivity index (χ0v) is 15.9. The van der Waals surface area contributed by atoms with Crippen molar-refractivity contribution in [3.63, 3.8) is 0 Å². The molecule has 0 spiro atoms. The highest BCUT2D eigenvalue weighted by Crippen LogP contribution is 2.27. The van der Waals surface area contributed by atoms with Crippen LogP contribution in [0.4, 0.5) is 9.52 Å². The van der Waals surface area contributed by atoms with Gasteiger partial charge in [0.1, 0.15) is 17.3 Å². The second-order valence-electron chi connectivity index (χ2n) is 6.34. The van der Waals surface area contributed by atoms with E-state index in [0.29, 0.717) is 28.6 Å². The van der Waals surface area contributed by atoms with E-state index in [1.165, 1.54) is 23.5 Å². The molecule has 0 aliphatic heterocycles. The quantitative estimate of drug-likeness (QED) is 0.474. The lowest BCUT2D eigenvalue weighted by molar-refractivity contribution is 0.102. The highest BCUT2D eigenvalue weighted by atomic mass is 32.1. The molecule has 0 fully saturated rings. The maximum Gasteiger partial charge on any atom is 0.261 e. The molecule has 4 nitrogen and oxygen atoms in total. The average Bonchev–Trinajstić information content (AvgIpc) is 3.30. The van der Waals surface area contributed by atoms with Gasteiger partial charge >= 0.3 is 0 Å². The van der Waals surface area contributed by atoms with Gasteiger partial charge in [-0.15, -0.1) is 11.3 Å². The number of nitrogens with one attached hydrogen (secondary N) is 1. The van der Waals surface area contributed by atoms with Gasteiger partial charge in [-0.05, 0) is 30.7 Å². The zero-order valence-electron chi connectivity index (χ0n) is 15.1. The van der Waals surface area contributed by atoms with Crippen LogP contribution in [0.2, 0.25) is 0 Å². The number of furan rings is 1. The predicted octanol–water partition coefficient (Wildman–Crippen LogP) is 5.69. The largest absolute Gasteiger partial charge is 0.461 e. The molecule has 6 heteroatoms. The van der Waals surface area contributed by atoms with E-state index in [1.54, 1.807) is 31.3 Å². The van der Waals surface area contributed by atoms with Crippen molar-refractivity contribution in [1.29, 1.82) is 0 Å². The van der Waals surface area contributed by atoms with Gasteiger partial charge in [0.15, 0.2) is 5.13 Å². The molecule has 0 radical (unpaired) electrons. The van der Waals surface area contributed by atoms with E-state index in [9.17, 15) is 9.18 Å².